The van der Waals surface area contributed by atoms with Crippen LogP contribution in [0.5, 0.6) is 0 Å². The van der Waals surface area contributed by atoms with Crippen LogP contribution in [0.15, 0.2) is 34.8 Å². The maximum absolute atomic E-state index is 13.9. The number of halogens is 5. The Balaban J connectivity index is 2.56. The topological polar surface area (TPSA) is 17.1 Å². The van der Waals surface area contributed by atoms with E-state index in [9.17, 15) is 13.6 Å². The van der Waals surface area contributed by atoms with Crippen LogP contribution in [0.2, 0.25) is 10.0 Å². The van der Waals surface area contributed by atoms with Gasteiger partial charge in [-0.25, -0.2) is 8.78 Å². The molecule has 0 atom stereocenters. The Morgan fingerprint density at radius 1 is 1.05 bits per heavy atom. The van der Waals surface area contributed by atoms with Gasteiger partial charge < -0.3 is 0 Å². The first-order valence-electron chi connectivity index (χ1n) is 5.05. The van der Waals surface area contributed by atoms with Gasteiger partial charge in [0, 0.05) is 9.50 Å². The summed E-state index contributed by atoms with van der Waals surface area (Å²) in [5, 5.41) is -0.0401. The van der Waals surface area contributed by atoms with Gasteiger partial charge in [-0.1, -0.05) is 23.2 Å². The maximum Gasteiger partial charge on any atom is 0.199 e. The second-order valence-electron chi connectivity index (χ2n) is 3.68. The van der Waals surface area contributed by atoms with Gasteiger partial charge >= 0.3 is 0 Å². The summed E-state index contributed by atoms with van der Waals surface area (Å²) in [5.41, 5.74) is -0.612. The fraction of sp³-hybridized carbons (Fsp3) is 0. The van der Waals surface area contributed by atoms with Gasteiger partial charge in [0.15, 0.2) is 11.6 Å². The Labute approximate surface area is 126 Å². The zero-order valence-corrected chi connectivity index (χ0v) is 12.3. The third-order valence-corrected chi connectivity index (χ3v) is 3.95. The van der Waals surface area contributed by atoms with Crippen LogP contribution in [0.25, 0.3) is 0 Å². The molecule has 0 N–H and O–H groups in total. The minimum absolute atomic E-state index is 0.188. The molecular weight excluding hydrogens is 361 g/mol. The zero-order chi connectivity index (χ0) is 14.2. The first kappa shape index (κ1) is 14.4. The summed E-state index contributed by atoms with van der Waals surface area (Å²) in [6.45, 7) is 0. The molecule has 0 bridgehead atoms. The molecule has 2 aromatic carbocycles. The number of hydrogen-bond acceptors (Lipinski definition) is 1. The van der Waals surface area contributed by atoms with Crippen LogP contribution in [0.3, 0.4) is 0 Å². The lowest BCUT2D eigenvalue weighted by atomic mass is 10.0. The van der Waals surface area contributed by atoms with Crippen molar-refractivity contribution in [2.45, 2.75) is 0 Å². The number of ketones is 1. The molecule has 6 heteroatoms. The van der Waals surface area contributed by atoms with E-state index in [1.54, 1.807) is 0 Å². The first-order chi connectivity index (χ1) is 8.91. The third kappa shape index (κ3) is 2.81. The summed E-state index contributed by atoms with van der Waals surface area (Å²) in [7, 11) is 0. The van der Waals surface area contributed by atoms with Crippen LogP contribution in [0, 0.1) is 11.6 Å². The van der Waals surface area contributed by atoms with E-state index in [2.05, 4.69) is 15.9 Å². The van der Waals surface area contributed by atoms with Gasteiger partial charge in [0.2, 0.25) is 0 Å². The fourth-order valence-corrected chi connectivity index (χ4v) is 2.16. The highest BCUT2D eigenvalue weighted by Gasteiger charge is 2.20. The molecule has 0 saturated heterocycles. The molecule has 0 fully saturated rings. The van der Waals surface area contributed by atoms with Gasteiger partial charge in [0.1, 0.15) is 5.82 Å². The van der Waals surface area contributed by atoms with Gasteiger partial charge in [-0.3, -0.25) is 4.79 Å². The predicted molar refractivity (Wildman–Crippen MR) is 74.0 cm³/mol. The standard InChI is InChI=1S/C13H5BrCl2F2O/c14-9-3-2-7(12(18)11(9)16)13(19)8-5-6(15)1-4-10(8)17/h1-5H. The van der Waals surface area contributed by atoms with Crippen LogP contribution < -0.4 is 0 Å². The van der Waals surface area contributed by atoms with E-state index in [-0.39, 0.29) is 21.2 Å². The molecule has 2 aromatic rings. The van der Waals surface area contributed by atoms with Crippen molar-refractivity contribution in [3.05, 3.63) is 67.6 Å². The van der Waals surface area contributed by atoms with Crippen molar-refractivity contribution in [1.29, 1.82) is 0 Å². The van der Waals surface area contributed by atoms with Crippen molar-refractivity contribution < 1.29 is 13.6 Å². The van der Waals surface area contributed by atoms with Crippen molar-refractivity contribution in [2.24, 2.45) is 0 Å². The molecule has 0 saturated carbocycles. The molecule has 0 amide bonds. The molecule has 0 aliphatic carbocycles. The summed E-state index contributed by atoms with van der Waals surface area (Å²) >= 11 is 14.4. The summed E-state index contributed by atoms with van der Waals surface area (Å²) in [4.78, 5) is 12.1. The third-order valence-electron chi connectivity index (χ3n) is 2.45. The molecule has 0 aromatic heterocycles. The fourth-order valence-electron chi connectivity index (χ4n) is 1.52. The van der Waals surface area contributed by atoms with E-state index in [0.717, 1.165) is 12.1 Å². The molecule has 0 unspecified atom stereocenters. The molecule has 0 spiro atoms. The van der Waals surface area contributed by atoms with E-state index >= 15 is 0 Å². The number of rotatable bonds is 2. The highest BCUT2D eigenvalue weighted by Crippen LogP contribution is 2.29. The van der Waals surface area contributed by atoms with Crippen molar-refractivity contribution in [1.82, 2.24) is 0 Å². The molecule has 98 valence electrons. The van der Waals surface area contributed by atoms with E-state index in [4.69, 9.17) is 23.2 Å². The Hall–Kier alpha value is -0.970. The molecule has 0 heterocycles. The molecule has 1 nitrogen and oxygen atoms in total. The lowest BCUT2D eigenvalue weighted by Gasteiger charge is -2.06. The number of carbonyl (C=O) groups is 1. The first-order valence-corrected chi connectivity index (χ1v) is 6.60. The Bertz CT molecular complexity index is 674. The van der Waals surface area contributed by atoms with E-state index in [0.29, 0.717) is 4.47 Å². The number of benzene rings is 2. The van der Waals surface area contributed by atoms with Crippen molar-refractivity contribution >= 4 is 44.9 Å². The monoisotopic (exact) mass is 364 g/mol. The summed E-state index contributed by atoms with van der Waals surface area (Å²) in [6.07, 6.45) is 0. The number of hydrogen-bond donors (Lipinski definition) is 0. The number of carbonyl (C=O) groups excluding carboxylic acids is 1. The van der Waals surface area contributed by atoms with E-state index in [1.165, 1.54) is 18.2 Å². The Morgan fingerprint density at radius 2 is 1.74 bits per heavy atom. The highest BCUT2D eigenvalue weighted by molar-refractivity contribution is 9.10. The largest absolute Gasteiger partial charge is 0.288 e. The summed E-state index contributed by atoms with van der Waals surface area (Å²) in [5.74, 6) is -2.49. The quantitative estimate of drug-likeness (QED) is 0.523. The summed E-state index contributed by atoms with van der Waals surface area (Å²) < 4.78 is 27.8. The molecule has 0 aliphatic rings. The minimum atomic E-state index is -0.902. The predicted octanol–water partition coefficient (Wildman–Crippen LogP) is 5.27. The molecule has 2 rings (SSSR count). The van der Waals surface area contributed by atoms with Gasteiger partial charge in [-0.2, -0.15) is 0 Å². The lowest BCUT2D eigenvalue weighted by molar-refractivity contribution is 0.103. The van der Waals surface area contributed by atoms with Crippen molar-refractivity contribution in [3.63, 3.8) is 0 Å². The van der Waals surface area contributed by atoms with E-state index < -0.39 is 17.4 Å². The van der Waals surface area contributed by atoms with Crippen LogP contribution >= 0.6 is 39.1 Å². The average molecular weight is 366 g/mol. The second kappa shape index (κ2) is 5.57. The second-order valence-corrected chi connectivity index (χ2v) is 5.34. The molecule has 0 aliphatic heterocycles. The highest BCUT2D eigenvalue weighted by atomic mass is 79.9. The van der Waals surface area contributed by atoms with Crippen LogP contribution in [-0.2, 0) is 0 Å². The molecule has 19 heavy (non-hydrogen) atoms. The Morgan fingerprint density at radius 3 is 2.42 bits per heavy atom. The normalized spacial score (nSPS) is 10.6. The minimum Gasteiger partial charge on any atom is -0.288 e. The summed E-state index contributed by atoms with van der Waals surface area (Å²) in [6, 6.07) is 6.15. The van der Waals surface area contributed by atoms with E-state index in [1.807, 2.05) is 0 Å². The smallest absolute Gasteiger partial charge is 0.199 e. The van der Waals surface area contributed by atoms with Gasteiger partial charge in [0.25, 0.3) is 0 Å². The van der Waals surface area contributed by atoms with Gasteiger partial charge in [-0.15, -0.1) is 0 Å². The van der Waals surface area contributed by atoms with Crippen LogP contribution in [0.1, 0.15) is 15.9 Å². The van der Waals surface area contributed by atoms with Crippen molar-refractivity contribution in [3.8, 4) is 0 Å². The lowest BCUT2D eigenvalue weighted by Crippen LogP contribution is -2.07. The SMILES string of the molecule is O=C(c1cc(Cl)ccc1F)c1ccc(Br)c(Cl)c1F. The van der Waals surface area contributed by atoms with Crippen molar-refractivity contribution in [2.75, 3.05) is 0 Å². The maximum atomic E-state index is 13.9. The average Bonchev–Trinajstić information content (AvgIpc) is 2.38. The zero-order valence-electron chi connectivity index (χ0n) is 9.18. The van der Waals surface area contributed by atoms with Gasteiger partial charge in [-0.05, 0) is 46.3 Å². The van der Waals surface area contributed by atoms with Crippen LogP contribution in [0.4, 0.5) is 8.78 Å². The molecule has 0 radical (unpaired) electrons. The molecular formula is C13H5BrCl2F2O. The van der Waals surface area contributed by atoms with Crippen LogP contribution in [-0.4, -0.2) is 5.78 Å². The van der Waals surface area contributed by atoms with Gasteiger partial charge in [0.05, 0.1) is 16.1 Å². The Kier molecular flexibility index (Phi) is 4.23.